The molecule has 0 aliphatic carbocycles. The molecular formula is C24H25F4N3. The van der Waals surface area contributed by atoms with Crippen molar-refractivity contribution in [2.45, 2.75) is 57.7 Å². The molecule has 1 heterocycles. The minimum atomic E-state index is -4.68. The summed E-state index contributed by atoms with van der Waals surface area (Å²) in [5, 5.41) is 9.89. The second-order valence-corrected chi connectivity index (χ2v) is 9.01. The lowest BCUT2D eigenvalue weighted by Crippen LogP contribution is -2.58. The first kappa shape index (κ1) is 22.8. The average Bonchev–Trinajstić information content (AvgIpc) is 3.04. The van der Waals surface area contributed by atoms with Crippen LogP contribution in [0.5, 0.6) is 0 Å². The molecule has 1 unspecified atom stereocenters. The summed E-state index contributed by atoms with van der Waals surface area (Å²) in [6, 6.07) is 11.1. The largest absolute Gasteiger partial charge is 0.406 e. The molecule has 3 aromatic rings. The van der Waals surface area contributed by atoms with Crippen molar-refractivity contribution in [3.05, 3.63) is 70.2 Å². The van der Waals surface area contributed by atoms with Crippen LogP contribution in [0, 0.1) is 31.0 Å². The molecule has 1 atom stereocenters. The Balaban J connectivity index is 2.02. The van der Waals surface area contributed by atoms with Crippen LogP contribution < -0.4 is 5.73 Å². The van der Waals surface area contributed by atoms with Crippen molar-refractivity contribution in [1.82, 2.24) is 4.98 Å². The molecule has 0 amide bonds. The minimum Gasteiger partial charge on any atom is -0.358 e. The zero-order valence-corrected chi connectivity index (χ0v) is 17.9. The minimum absolute atomic E-state index is 0.333. The molecule has 3 N–H and O–H groups in total. The highest BCUT2D eigenvalue weighted by Crippen LogP contribution is 2.42. The molecule has 164 valence electrons. The van der Waals surface area contributed by atoms with E-state index in [0.29, 0.717) is 27.9 Å². The van der Waals surface area contributed by atoms with Crippen LogP contribution in [0.15, 0.2) is 36.4 Å². The van der Waals surface area contributed by atoms with E-state index < -0.39 is 35.8 Å². The third-order valence-corrected chi connectivity index (χ3v) is 5.89. The Kier molecular flexibility index (Phi) is 5.66. The number of aromatic amines is 1. The summed E-state index contributed by atoms with van der Waals surface area (Å²) < 4.78 is 56.5. The number of alkyl halides is 3. The van der Waals surface area contributed by atoms with E-state index in [0.717, 1.165) is 10.9 Å². The lowest BCUT2D eigenvalue weighted by atomic mass is 9.71. The van der Waals surface area contributed by atoms with Crippen LogP contribution in [-0.4, -0.2) is 16.7 Å². The van der Waals surface area contributed by atoms with Crippen molar-refractivity contribution in [2.75, 3.05) is 0 Å². The summed E-state index contributed by atoms with van der Waals surface area (Å²) >= 11 is 0. The topological polar surface area (TPSA) is 65.6 Å². The van der Waals surface area contributed by atoms with Gasteiger partial charge in [0.1, 0.15) is 11.4 Å². The SMILES string of the molecule is Cc1ccc(F)cc1C(C)(C)CC(N)(Cc1cc2c(C)cc(C#N)cc2[nH]1)C(F)(F)F. The van der Waals surface area contributed by atoms with Gasteiger partial charge in [-0.15, -0.1) is 0 Å². The fraction of sp³-hybridized carbons (Fsp3) is 0.375. The van der Waals surface area contributed by atoms with Gasteiger partial charge in [-0.05, 0) is 72.7 Å². The molecule has 3 rings (SSSR count). The van der Waals surface area contributed by atoms with Crippen LogP contribution in [-0.2, 0) is 11.8 Å². The molecule has 0 saturated carbocycles. The Morgan fingerprint density at radius 2 is 1.71 bits per heavy atom. The van der Waals surface area contributed by atoms with Crippen molar-refractivity contribution >= 4 is 10.9 Å². The van der Waals surface area contributed by atoms with Gasteiger partial charge in [-0.25, -0.2) is 4.39 Å². The quantitative estimate of drug-likeness (QED) is 0.489. The maximum atomic E-state index is 14.2. The van der Waals surface area contributed by atoms with Crippen molar-refractivity contribution in [1.29, 1.82) is 5.26 Å². The van der Waals surface area contributed by atoms with Gasteiger partial charge in [-0.2, -0.15) is 18.4 Å². The van der Waals surface area contributed by atoms with E-state index in [4.69, 9.17) is 11.0 Å². The molecule has 0 spiro atoms. The van der Waals surface area contributed by atoms with Crippen LogP contribution in [0.1, 0.15) is 48.2 Å². The number of nitrogens with two attached hydrogens (primary N) is 1. The number of nitrogens with one attached hydrogen (secondary N) is 1. The Morgan fingerprint density at radius 3 is 2.32 bits per heavy atom. The predicted octanol–water partition coefficient (Wildman–Crippen LogP) is 5.97. The molecule has 0 aliphatic heterocycles. The summed E-state index contributed by atoms with van der Waals surface area (Å²) in [5.74, 6) is -0.498. The summed E-state index contributed by atoms with van der Waals surface area (Å²) in [7, 11) is 0. The van der Waals surface area contributed by atoms with Gasteiger partial charge in [-0.1, -0.05) is 19.9 Å². The van der Waals surface area contributed by atoms with Crippen LogP contribution in [0.3, 0.4) is 0 Å². The number of nitriles is 1. The van der Waals surface area contributed by atoms with Gasteiger partial charge in [0, 0.05) is 23.0 Å². The Bertz CT molecular complexity index is 1170. The average molecular weight is 431 g/mol. The zero-order valence-electron chi connectivity index (χ0n) is 17.9. The van der Waals surface area contributed by atoms with Crippen LogP contribution >= 0.6 is 0 Å². The molecule has 0 radical (unpaired) electrons. The Morgan fingerprint density at radius 1 is 1.03 bits per heavy atom. The first-order valence-corrected chi connectivity index (χ1v) is 9.90. The monoisotopic (exact) mass is 431 g/mol. The van der Waals surface area contributed by atoms with E-state index in [1.807, 2.05) is 6.07 Å². The van der Waals surface area contributed by atoms with Crippen LogP contribution in [0.2, 0.25) is 0 Å². The molecular weight excluding hydrogens is 406 g/mol. The van der Waals surface area contributed by atoms with Gasteiger partial charge in [0.15, 0.2) is 0 Å². The highest BCUT2D eigenvalue weighted by Gasteiger charge is 2.54. The van der Waals surface area contributed by atoms with Crippen molar-refractivity contribution in [3.63, 3.8) is 0 Å². The van der Waals surface area contributed by atoms with E-state index in [2.05, 4.69) is 4.98 Å². The number of halogens is 4. The van der Waals surface area contributed by atoms with Gasteiger partial charge in [0.25, 0.3) is 0 Å². The van der Waals surface area contributed by atoms with E-state index in [1.165, 1.54) is 12.1 Å². The van der Waals surface area contributed by atoms with Crippen LogP contribution in [0.25, 0.3) is 10.9 Å². The van der Waals surface area contributed by atoms with Gasteiger partial charge in [-0.3, -0.25) is 0 Å². The molecule has 2 aromatic carbocycles. The Hall–Kier alpha value is -2.85. The van der Waals surface area contributed by atoms with E-state index >= 15 is 0 Å². The molecule has 0 bridgehead atoms. The fourth-order valence-corrected chi connectivity index (χ4v) is 4.45. The number of nitrogens with zero attached hydrogens (tertiary/aromatic N) is 1. The summed E-state index contributed by atoms with van der Waals surface area (Å²) in [4.78, 5) is 2.99. The molecule has 1 aromatic heterocycles. The molecule has 0 fully saturated rings. The highest BCUT2D eigenvalue weighted by molar-refractivity contribution is 5.85. The standard InChI is InChI=1S/C24H25F4N3/c1-14-5-6-17(25)9-20(14)22(3,4)13-23(30,24(26,27)28)11-18-10-19-15(2)7-16(12-29)8-21(19)31-18/h5-10,31H,11,13,30H2,1-4H3. The second kappa shape index (κ2) is 7.69. The highest BCUT2D eigenvalue weighted by atomic mass is 19.4. The molecule has 0 aliphatic rings. The number of aryl methyl sites for hydroxylation is 2. The number of hydrogen-bond acceptors (Lipinski definition) is 2. The number of fused-ring (bicyclic) bond motifs is 1. The first-order valence-electron chi connectivity index (χ1n) is 9.90. The number of benzene rings is 2. The maximum Gasteiger partial charge on any atom is 0.406 e. The van der Waals surface area contributed by atoms with Crippen LogP contribution in [0.4, 0.5) is 17.6 Å². The van der Waals surface area contributed by atoms with Crippen molar-refractivity contribution in [3.8, 4) is 6.07 Å². The molecule has 3 nitrogen and oxygen atoms in total. The Labute approximate surface area is 178 Å². The van der Waals surface area contributed by atoms with Gasteiger partial charge in [0.05, 0.1) is 11.6 Å². The van der Waals surface area contributed by atoms with Crippen molar-refractivity contribution < 1.29 is 17.6 Å². The van der Waals surface area contributed by atoms with E-state index in [1.54, 1.807) is 52.0 Å². The second-order valence-electron chi connectivity index (χ2n) is 9.01. The molecule has 0 saturated heterocycles. The number of hydrogen-bond donors (Lipinski definition) is 2. The summed E-state index contributed by atoms with van der Waals surface area (Å²) in [5.41, 5.74) is 5.84. The fourth-order valence-electron chi connectivity index (χ4n) is 4.45. The smallest absolute Gasteiger partial charge is 0.358 e. The predicted molar refractivity (Wildman–Crippen MR) is 113 cm³/mol. The summed E-state index contributed by atoms with van der Waals surface area (Å²) in [6.45, 7) is 6.85. The van der Waals surface area contributed by atoms with Gasteiger partial charge in [0.2, 0.25) is 0 Å². The van der Waals surface area contributed by atoms with Gasteiger partial charge >= 0.3 is 6.18 Å². The van der Waals surface area contributed by atoms with Gasteiger partial charge < -0.3 is 10.7 Å². The third kappa shape index (κ3) is 4.45. The number of rotatable bonds is 5. The van der Waals surface area contributed by atoms with E-state index in [9.17, 15) is 17.6 Å². The third-order valence-electron chi connectivity index (χ3n) is 5.89. The molecule has 7 heteroatoms. The van der Waals surface area contributed by atoms with Crippen molar-refractivity contribution in [2.24, 2.45) is 5.73 Å². The first-order chi connectivity index (χ1) is 14.3. The number of aromatic nitrogens is 1. The maximum absolute atomic E-state index is 14.2. The summed E-state index contributed by atoms with van der Waals surface area (Å²) in [6.07, 6.45) is -5.58. The normalized spacial score (nSPS) is 14.5. The molecule has 31 heavy (non-hydrogen) atoms. The number of H-pyrrole nitrogens is 1. The zero-order chi connectivity index (χ0) is 23.2. The van der Waals surface area contributed by atoms with E-state index in [-0.39, 0.29) is 0 Å². The lowest BCUT2D eigenvalue weighted by molar-refractivity contribution is -0.191. The lowest BCUT2D eigenvalue weighted by Gasteiger charge is -2.39.